The molecule has 0 radical (unpaired) electrons. The van der Waals surface area contributed by atoms with Crippen LogP contribution in [0, 0.1) is 0 Å². The highest BCUT2D eigenvalue weighted by molar-refractivity contribution is 7.98. The third-order valence-electron chi connectivity index (χ3n) is 4.84. The minimum atomic E-state index is 0.906. The SMILES string of the molecule is CSc1cnc(-c2ccc3oc4ccccc4c3c2)cc1-c1ccccc1. The first kappa shape index (κ1) is 16.2. The molecule has 0 amide bonds. The highest BCUT2D eigenvalue weighted by Crippen LogP contribution is 2.35. The Labute approximate surface area is 161 Å². The monoisotopic (exact) mass is 367 g/mol. The van der Waals surface area contributed by atoms with E-state index in [9.17, 15) is 0 Å². The predicted molar refractivity (Wildman–Crippen MR) is 114 cm³/mol. The van der Waals surface area contributed by atoms with Crippen molar-refractivity contribution < 1.29 is 4.42 Å². The second kappa shape index (κ2) is 6.60. The van der Waals surface area contributed by atoms with Gasteiger partial charge in [0.15, 0.2) is 0 Å². The van der Waals surface area contributed by atoms with Crippen LogP contribution in [-0.2, 0) is 0 Å². The molecule has 0 unspecified atom stereocenters. The lowest BCUT2D eigenvalue weighted by atomic mass is 10.0. The molecule has 0 N–H and O–H groups in total. The van der Waals surface area contributed by atoms with Gasteiger partial charge < -0.3 is 4.42 Å². The van der Waals surface area contributed by atoms with Crippen LogP contribution in [-0.4, -0.2) is 11.2 Å². The maximum Gasteiger partial charge on any atom is 0.135 e. The van der Waals surface area contributed by atoms with Gasteiger partial charge in [0.1, 0.15) is 11.2 Å². The smallest absolute Gasteiger partial charge is 0.135 e. The molecular formula is C24H17NOS. The van der Waals surface area contributed by atoms with Crippen LogP contribution in [0.2, 0.25) is 0 Å². The molecule has 0 saturated heterocycles. The highest BCUT2D eigenvalue weighted by atomic mass is 32.2. The average Bonchev–Trinajstić information content (AvgIpc) is 3.12. The van der Waals surface area contributed by atoms with Crippen LogP contribution in [0.1, 0.15) is 0 Å². The summed E-state index contributed by atoms with van der Waals surface area (Å²) in [4.78, 5) is 5.91. The topological polar surface area (TPSA) is 26.0 Å². The van der Waals surface area contributed by atoms with Crippen LogP contribution in [0.3, 0.4) is 0 Å². The number of nitrogens with zero attached hydrogens (tertiary/aromatic N) is 1. The van der Waals surface area contributed by atoms with Crippen molar-refractivity contribution in [3.8, 4) is 22.4 Å². The Hall–Kier alpha value is -3.04. The number of thioether (sulfide) groups is 1. The fraction of sp³-hybridized carbons (Fsp3) is 0.0417. The van der Waals surface area contributed by atoms with E-state index in [2.05, 4.69) is 54.8 Å². The van der Waals surface area contributed by atoms with E-state index >= 15 is 0 Å². The molecular weight excluding hydrogens is 350 g/mol. The fourth-order valence-corrected chi connectivity index (χ4v) is 4.05. The van der Waals surface area contributed by atoms with Gasteiger partial charge in [0.2, 0.25) is 0 Å². The van der Waals surface area contributed by atoms with Gasteiger partial charge in [-0.15, -0.1) is 11.8 Å². The zero-order valence-electron chi connectivity index (χ0n) is 14.8. The Bertz CT molecular complexity index is 1260. The van der Waals surface area contributed by atoms with Crippen molar-refractivity contribution in [2.24, 2.45) is 0 Å². The quantitative estimate of drug-likeness (QED) is 0.320. The first-order valence-corrected chi connectivity index (χ1v) is 10.1. The zero-order chi connectivity index (χ0) is 18.2. The van der Waals surface area contributed by atoms with Crippen molar-refractivity contribution in [1.82, 2.24) is 4.98 Å². The second-order valence-electron chi connectivity index (χ2n) is 6.45. The summed E-state index contributed by atoms with van der Waals surface area (Å²) < 4.78 is 5.95. The summed E-state index contributed by atoms with van der Waals surface area (Å²) in [5.74, 6) is 0. The molecule has 130 valence electrons. The Morgan fingerprint density at radius 1 is 0.741 bits per heavy atom. The first-order chi connectivity index (χ1) is 13.3. The van der Waals surface area contributed by atoms with E-state index in [-0.39, 0.29) is 0 Å². The molecule has 2 heterocycles. The van der Waals surface area contributed by atoms with Crippen molar-refractivity contribution in [1.29, 1.82) is 0 Å². The van der Waals surface area contributed by atoms with Crippen LogP contribution in [0.25, 0.3) is 44.3 Å². The van der Waals surface area contributed by atoms with Gasteiger partial charge in [-0.1, -0.05) is 48.5 Å². The molecule has 2 nitrogen and oxygen atoms in total. The first-order valence-electron chi connectivity index (χ1n) is 8.84. The largest absolute Gasteiger partial charge is 0.456 e. The average molecular weight is 367 g/mol. The van der Waals surface area contributed by atoms with Crippen LogP contribution >= 0.6 is 11.8 Å². The van der Waals surface area contributed by atoms with E-state index in [4.69, 9.17) is 9.40 Å². The van der Waals surface area contributed by atoms with E-state index < -0.39 is 0 Å². The number of aromatic nitrogens is 1. The Morgan fingerprint density at radius 2 is 1.52 bits per heavy atom. The molecule has 0 aliphatic carbocycles. The second-order valence-corrected chi connectivity index (χ2v) is 7.29. The summed E-state index contributed by atoms with van der Waals surface area (Å²) in [6, 6.07) is 27.1. The number of pyridine rings is 1. The summed E-state index contributed by atoms with van der Waals surface area (Å²) in [5.41, 5.74) is 6.31. The highest BCUT2D eigenvalue weighted by Gasteiger charge is 2.11. The van der Waals surface area contributed by atoms with Gasteiger partial charge >= 0.3 is 0 Å². The Morgan fingerprint density at radius 3 is 2.37 bits per heavy atom. The van der Waals surface area contributed by atoms with Crippen LogP contribution < -0.4 is 0 Å². The number of furan rings is 1. The molecule has 0 bridgehead atoms. The molecule has 0 saturated carbocycles. The van der Waals surface area contributed by atoms with Crippen LogP contribution in [0.5, 0.6) is 0 Å². The Balaban J connectivity index is 1.69. The van der Waals surface area contributed by atoms with Gasteiger partial charge in [-0.2, -0.15) is 0 Å². The van der Waals surface area contributed by atoms with Crippen molar-refractivity contribution in [2.45, 2.75) is 4.90 Å². The number of para-hydroxylation sites is 1. The number of fused-ring (bicyclic) bond motifs is 3. The van der Waals surface area contributed by atoms with Crippen LogP contribution in [0.4, 0.5) is 0 Å². The maximum atomic E-state index is 5.95. The molecule has 0 aliphatic heterocycles. The van der Waals surface area contributed by atoms with Gasteiger partial charge in [-0.25, -0.2) is 0 Å². The third kappa shape index (κ3) is 2.81. The molecule has 0 spiro atoms. The van der Waals surface area contributed by atoms with E-state index in [1.165, 1.54) is 16.0 Å². The third-order valence-corrected chi connectivity index (χ3v) is 5.61. The predicted octanol–water partition coefficient (Wildman–Crippen LogP) is 7.04. The van der Waals surface area contributed by atoms with Gasteiger partial charge in [0, 0.05) is 27.4 Å². The number of hydrogen-bond acceptors (Lipinski definition) is 3. The van der Waals surface area contributed by atoms with Gasteiger partial charge in [0.25, 0.3) is 0 Å². The molecule has 3 heteroatoms. The standard InChI is InChI=1S/C24H17NOS/c1-27-24-15-25-21(14-19(24)16-7-3-2-4-8-16)17-11-12-23-20(13-17)18-9-5-6-10-22(18)26-23/h2-15H,1H3. The lowest BCUT2D eigenvalue weighted by molar-refractivity contribution is 0.669. The molecule has 3 aromatic carbocycles. The number of rotatable bonds is 3. The lowest BCUT2D eigenvalue weighted by Gasteiger charge is -2.10. The van der Waals surface area contributed by atoms with E-state index in [1.54, 1.807) is 11.8 Å². The summed E-state index contributed by atoms with van der Waals surface area (Å²) in [6.07, 6.45) is 4.06. The number of benzene rings is 3. The van der Waals surface area contributed by atoms with Crippen molar-refractivity contribution in [2.75, 3.05) is 6.26 Å². The van der Waals surface area contributed by atoms with Crippen molar-refractivity contribution in [3.05, 3.63) is 85.1 Å². The van der Waals surface area contributed by atoms with E-state index in [0.717, 1.165) is 33.2 Å². The van der Waals surface area contributed by atoms with Crippen LogP contribution in [0.15, 0.2) is 94.4 Å². The summed E-state index contributed by atoms with van der Waals surface area (Å²) >= 11 is 1.72. The van der Waals surface area contributed by atoms with Crippen molar-refractivity contribution >= 4 is 33.7 Å². The molecule has 0 atom stereocenters. The molecule has 2 aromatic heterocycles. The molecule has 0 aliphatic rings. The van der Waals surface area contributed by atoms with Gasteiger partial charge in [0.05, 0.1) is 5.69 Å². The van der Waals surface area contributed by atoms with Gasteiger partial charge in [-0.05, 0) is 47.7 Å². The number of hydrogen-bond donors (Lipinski definition) is 0. The summed E-state index contributed by atoms with van der Waals surface area (Å²) in [6.45, 7) is 0. The van der Waals surface area contributed by atoms with Crippen molar-refractivity contribution in [3.63, 3.8) is 0 Å². The molecule has 27 heavy (non-hydrogen) atoms. The maximum absolute atomic E-state index is 5.95. The van der Waals surface area contributed by atoms with E-state index in [1.807, 2.05) is 36.5 Å². The molecule has 0 fully saturated rings. The summed E-state index contributed by atoms with van der Waals surface area (Å²) in [5, 5.41) is 2.26. The molecule has 5 rings (SSSR count). The minimum absolute atomic E-state index is 0.906. The minimum Gasteiger partial charge on any atom is -0.456 e. The fourth-order valence-electron chi connectivity index (χ4n) is 3.49. The lowest BCUT2D eigenvalue weighted by Crippen LogP contribution is -1.89. The van der Waals surface area contributed by atoms with Gasteiger partial charge in [-0.3, -0.25) is 4.98 Å². The Kier molecular flexibility index (Phi) is 3.95. The normalized spacial score (nSPS) is 11.3. The van der Waals surface area contributed by atoms with E-state index in [0.29, 0.717) is 0 Å². The zero-order valence-corrected chi connectivity index (χ0v) is 15.7. The summed E-state index contributed by atoms with van der Waals surface area (Å²) in [7, 11) is 0. The molecule has 5 aromatic rings.